The Morgan fingerprint density at radius 3 is 2.68 bits per heavy atom. The Morgan fingerprint density at radius 1 is 1.29 bits per heavy atom. The summed E-state index contributed by atoms with van der Waals surface area (Å²) < 4.78 is 6.05. The van der Waals surface area contributed by atoms with Crippen molar-refractivity contribution in [3.05, 3.63) is 23.8 Å². The molecule has 4 rings (SSSR count). The number of oxime groups is 2. The van der Waals surface area contributed by atoms with Gasteiger partial charge in [-0.1, -0.05) is 42.7 Å². The van der Waals surface area contributed by atoms with Crippen molar-refractivity contribution in [1.29, 1.82) is 0 Å². The highest BCUT2D eigenvalue weighted by Crippen LogP contribution is 2.68. The van der Waals surface area contributed by atoms with Crippen LogP contribution >= 0.6 is 0 Å². The van der Waals surface area contributed by atoms with Crippen LogP contribution in [0, 0.1) is 28.6 Å². The molecule has 0 aliphatic heterocycles. The first-order chi connectivity index (χ1) is 14.7. The van der Waals surface area contributed by atoms with E-state index < -0.39 is 17.1 Å². The first-order valence-electron chi connectivity index (χ1n) is 11.4. The number of aliphatic hydroxyl groups is 1. The lowest BCUT2D eigenvalue weighted by molar-refractivity contribution is -0.179. The lowest BCUT2D eigenvalue weighted by Gasteiger charge is -2.60. The summed E-state index contributed by atoms with van der Waals surface area (Å²) in [5.74, 6) is 0.211. The highest BCUT2D eigenvalue weighted by Gasteiger charge is 2.69. The molecule has 7 nitrogen and oxygen atoms in total. The molecule has 0 spiro atoms. The van der Waals surface area contributed by atoms with Crippen LogP contribution in [0.4, 0.5) is 0 Å². The SMILES string of the molecule is CCC(=O)O[C@]1(/C(C)=N/O)CC[C@H]2[C@@H]3CCC4=C/C(=N/O)C=C[C@]4(C)[C@H]3[C@@H](O)C[C@@]21C. The Morgan fingerprint density at radius 2 is 2.03 bits per heavy atom. The number of hydrogen-bond donors (Lipinski definition) is 3. The highest BCUT2D eigenvalue weighted by molar-refractivity contribution is 6.05. The lowest BCUT2D eigenvalue weighted by atomic mass is 9.46. The molecule has 4 aliphatic carbocycles. The maximum Gasteiger partial charge on any atom is 0.306 e. The summed E-state index contributed by atoms with van der Waals surface area (Å²) in [5.41, 5.74) is 0.338. The fourth-order valence-electron chi connectivity index (χ4n) is 7.57. The molecule has 7 atom stereocenters. The van der Waals surface area contributed by atoms with Gasteiger partial charge in [-0.3, -0.25) is 4.79 Å². The van der Waals surface area contributed by atoms with Gasteiger partial charge >= 0.3 is 5.97 Å². The van der Waals surface area contributed by atoms with E-state index in [9.17, 15) is 20.3 Å². The van der Waals surface area contributed by atoms with Gasteiger partial charge in [0.25, 0.3) is 0 Å². The molecule has 3 saturated carbocycles. The minimum atomic E-state index is -0.998. The van der Waals surface area contributed by atoms with Gasteiger partial charge in [0.05, 0.1) is 11.8 Å². The minimum absolute atomic E-state index is 0.0334. The van der Waals surface area contributed by atoms with Gasteiger partial charge in [0, 0.05) is 23.2 Å². The number of carbonyl (C=O) groups excluding carboxylic acids is 1. The van der Waals surface area contributed by atoms with Crippen molar-refractivity contribution in [1.82, 2.24) is 0 Å². The standard InChI is InChI=1S/C24H34N2O5/c1-5-20(28)31-24(14(2)25-29)11-9-18-17-7-6-15-12-16(26-30)8-10-22(15,3)21(17)19(27)13-23(18,24)4/h8,10,12,17-19,21,27,29-30H,5-7,9,11,13H2,1-4H3/b25-14+,26-16+/t17-,18-,19-,21+,22-,23-,24-/m0/s1. The Kier molecular flexibility index (Phi) is 5.31. The third kappa shape index (κ3) is 2.92. The van der Waals surface area contributed by atoms with E-state index in [0.717, 1.165) is 19.3 Å². The largest absolute Gasteiger partial charge is 0.452 e. The van der Waals surface area contributed by atoms with Crippen LogP contribution in [0.2, 0.25) is 0 Å². The van der Waals surface area contributed by atoms with Crippen LogP contribution in [0.1, 0.15) is 66.2 Å². The number of ether oxygens (including phenoxy) is 1. The van der Waals surface area contributed by atoms with E-state index in [0.29, 0.717) is 24.3 Å². The average Bonchev–Trinajstić information content (AvgIpc) is 3.04. The predicted molar refractivity (Wildman–Crippen MR) is 116 cm³/mol. The molecule has 0 saturated heterocycles. The van der Waals surface area contributed by atoms with E-state index in [1.807, 2.05) is 12.2 Å². The molecule has 3 N–H and O–H groups in total. The Balaban J connectivity index is 1.76. The van der Waals surface area contributed by atoms with E-state index >= 15 is 0 Å². The first kappa shape index (κ1) is 22.1. The molecule has 3 fully saturated rings. The van der Waals surface area contributed by atoms with Gasteiger partial charge in [-0.25, -0.2) is 0 Å². The molecular weight excluding hydrogens is 396 g/mol. The second kappa shape index (κ2) is 7.47. The van der Waals surface area contributed by atoms with Crippen molar-refractivity contribution in [3.8, 4) is 0 Å². The zero-order valence-corrected chi connectivity index (χ0v) is 18.8. The van der Waals surface area contributed by atoms with Crippen molar-refractivity contribution in [3.63, 3.8) is 0 Å². The van der Waals surface area contributed by atoms with Crippen molar-refractivity contribution < 1.29 is 25.1 Å². The van der Waals surface area contributed by atoms with Gasteiger partial charge in [-0.05, 0) is 63.0 Å². The molecule has 0 radical (unpaired) electrons. The fourth-order valence-corrected chi connectivity index (χ4v) is 7.57. The minimum Gasteiger partial charge on any atom is -0.452 e. The second-order valence-electron chi connectivity index (χ2n) is 10.2. The van der Waals surface area contributed by atoms with Crippen molar-refractivity contribution in [2.24, 2.45) is 38.9 Å². The topological polar surface area (TPSA) is 112 Å². The molecular formula is C24H34N2O5. The molecule has 4 aliphatic rings. The van der Waals surface area contributed by atoms with Crippen LogP contribution in [-0.2, 0) is 9.53 Å². The van der Waals surface area contributed by atoms with Crippen LogP contribution in [0.5, 0.6) is 0 Å². The number of fused-ring (bicyclic) bond motifs is 5. The lowest BCUT2D eigenvalue weighted by Crippen LogP contribution is -2.62. The molecule has 170 valence electrons. The van der Waals surface area contributed by atoms with Crippen molar-refractivity contribution in [2.45, 2.75) is 77.9 Å². The Hall–Kier alpha value is -2.15. The molecule has 0 unspecified atom stereocenters. The van der Waals surface area contributed by atoms with Crippen LogP contribution in [0.25, 0.3) is 0 Å². The van der Waals surface area contributed by atoms with E-state index in [1.54, 1.807) is 13.8 Å². The van der Waals surface area contributed by atoms with Gasteiger partial charge in [-0.2, -0.15) is 0 Å². The molecule has 0 heterocycles. The Labute approximate surface area is 183 Å². The highest BCUT2D eigenvalue weighted by atomic mass is 16.6. The summed E-state index contributed by atoms with van der Waals surface area (Å²) in [7, 11) is 0. The predicted octanol–water partition coefficient (Wildman–Crippen LogP) is 4.07. The summed E-state index contributed by atoms with van der Waals surface area (Å²) in [6, 6.07) is 0. The van der Waals surface area contributed by atoms with Crippen LogP contribution in [0.3, 0.4) is 0 Å². The van der Waals surface area contributed by atoms with Crippen LogP contribution < -0.4 is 0 Å². The van der Waals surface area contributed by atoms with E-state index in [2.05, 4.69) is 30.2 Å². The van der Waals surface area contributed by atoms with Crippen molar-refractivity contribution >= 4 is 17.4 Å². The maximum absolute atomic E-state index is 12.4. The molecule has 0 aromatic heterocycles. The normalized spacial score (nSPS) is 45.5. The van der Waals surface area contributed by atoms with Gasteiger partial charge in [0.2, 0.25) is 0 Å². The number of aliphatic hydroxyl groups excluding tert-OH is 1. The Bertz CT molecular complexity index is 892. The van der Waals surface area contributed by atoms with Crippen LogP contribution in [-0.4, -0.2) is 44.6 Å². The third-order valence-electron chi connectivity index (χ3n) is 9.05. The quantitative estimate of drug-likeness (QED) is 0.270. The maximum atomic E-state index is 12.4. The molecule has 0 aromatic rings. The number of nitrogens with zero attached hydrogens (tertiary/aromatic N) is 2. The van der Waals surface area contributed by atoms with Gasteiger partial charge in [0.15, 0.2) is 5.60 Å². The monoisotopic (exact) mass is 430 g/mol. The third-order valence-corrected chi connectivity index (χ3v) is 9.05. The number of carbonyl (C=O) groups is 1. The summed E-state index contributed by atoms with van der Waals surface area (Å²) in [6.45, 7) is 7.75. The summed E-state index contributed by atoms with van der Waals surface area (Å²) >= 11 is 0. The fraction of sp³-hybridized carbons (Fsp3) is 0.708. The van der Waals surface area contributed by atoms with Gasteiger partial charge in [0.1, 0.15) is 5.71 Å². The summed E-state index contributed by atoms with van der Waals surface area (Å²) in [4.78, 5) is 12.4. The molecule has 7 heteroatoms. The zero-order valence-electron chi connectivity index (χ0n) is 18.8. The molecule has 0 aromatic carbocycles. The van der Waals surface area contributed by atoms with Crippen LogP contribution in [0.15, 0.2) is 34.1 Å². The first-order valence-corrected chi connectivity index (χ1v) is 11.4. The van der Waals surface area contributed by atoms with Gasteiger partial charge < -0.3 is 20.3 Å². The number of hydrogen-bond acceptors (Lipinski definition) is 7. The number of allylic oxidation sites excluding steroid dienone is 4. The molecule has 0 bridgehead atoms. The van der Waals surface area contributed by atoms with E-state index in [-0.39, 0.29) is 35.6 Å². The molecule has 31 heavy (non-hydrogen) atoms. The zero-order chi connectivity index (χ0) is 22.6. The summed E-state index contributed by atoms with van der Waals surface area (Å²) in [6.07, 6.45) is 9.23. The summed E-state index contributed by atoms with van der Waals surface area (Å²) in [5, 5.41) is 37.3. The molecule has 0 amide bonds. The second-order valence-corrected chi connectivity index (χ2v) is 10.2. The average molecular weight is 431 g/mol. The van der Waals surface area contributed by atoms with Crippen molar-refractivity contribution in [2.75, 3.05) is 0 Å². The number of esters is 1. The smallest absolute Gasteiger partial charge is 0.306 e. The van der Waals surface area contributed by atoms with E-state index in [1.165, 1.54) is 5.57 Å². The van der Waals surface area contributed by atoms with Gasteiger partial charge in [-0.15, -0.1) is 0 Å². The van der Waals surface area contributed by atoms with E-state index in [4.69, 9.17) is 4.74 Å². The number of rotatable bonds is 3.